The van der Waals surface area contributed by atoms with Crippen molar-refractivity contribution in [3.8, 4) is 0 Å². The van der Waals surface area contributed by atoms with Crippen LogP contribution in [-0.2, 0) is 0 Å². The average Bonchev–Trinajstić information content (AvgIpc) is 1.61. The molecule has 0 heterocycles. The van der Waals surface area contributed by atoms with Gasteiger partial charge in [-0.3, -0.25) is 0 Å². The van der Waals surface area contributed by atoms with E-state index < -0.39 is 0 Å². The van der Waals surface area contributed by atoms with E-state index in [0.29, 0.717) is 0 Å². The Labute approximate surface area is 40.6 Å². The van der Waals surface area contributed by atoms with Crippen LogP contribution in [0.1, 0.15) is 19.8 Å². The van der Waals surface area contributed by atoms with Gasteiger partial charge in [-0.25, -0.2) is 0 Å². The average molecular weight is 83.2 g/mol. The van der Waals surface area contributed by atoms with E-state index >= 15 is 0 Å². The molecule has 0 bridgehead atoms. The second-order valence-corrected chi connectivity index (χ2v) is 1.21. The fourth-order valence-corrected chi connectivity index (χ4v) is 0.285. The molecule has 0 aromatic rings. The van der Waals surface area contributed by atoms with Crippen molar-refractivity contribution >= 4 is 0 Å². The molecule has 0 heteroatoms. The molecule has 0 aliphatic carbocycles. The van der Waals surface area contributed by atoms with E-state index in [-0.39, 0.29) is 0 Å². The van der Waals surface area contributed by atoms with E-state index in [0.717, 1.165) is 12.8 Å². The fourth-order valence-electron chi connectivity index (χ4n) is 0.285. The Bertz CT molecular complexity index is 12.0. The lowest BCUT2D eigenvalue weighted by Gasteiger charge is -1.85. The summed E-state index contributed by atoms with van der Waals surface area (Å²) in [6.07, 6.45) is 6.30. The Morgan fingerprint density at radius 2 is 2.33 bits per heavy atom. The van der Waals surface area contributed by atoms with E-state index in [2.05, 4.69) is 13.3 Å². The predicted octanol–water partition coefficient (Wildman–Crippen LogP) is 2.03. The lowest BCUT2D eigenvalue weighted by Crippen LogP contribution is -1.69. The maximum absolute atomic E-state index is 3.67. The van der Waals surface area contributed by atoms with Crippen LogP contribution >= 0.6 is 0 Å². The molecule has 35 valence electrons. The van der Waals surface area contributed by atoms with Crippen molar-refractivity contribution in [1.29, 1.82) is 0 Å². The SMILES string of the molecule is [CH2]CC[CH][CH]C. The van der Waals surface area contributed by atoms with Crippen LogP contribution in [0.15, 0.2) is 0 Å². The van der Waals surface area contributed by atoms with Crippen molar-refractivity contribution < 1.29 is 0 Å². The maximum atomic E-state index is 3.67. The molecule has 0 amide bonds. The third-order valence-electron chi connectivity index (χ3n) is 0.606. The highest BCUT2D eigenvalue weighted by atomic mass is 13.8. The van der Waals surface area contributed by atoms with Crippen LogP contribution in [0.5, 0.6) is 0 Å². The molecule has 0 aromatic heterocycles. The number of hydrogen-bond acceptors (Lipinski definition) is 0. The largest absolute Gasteiger partial charge is 0.0620 e. The molecule has 0 spiro atoms. The maximum Gasteiger partial charge on any atom is -0.0355 e. The molecule has 3 radical (unpaired) electrons. The van der Waals surface area contributed by atoms with Crippen LogP contribution in [0, 0.1) is 19.8 Å². The quantitative estimate of drug-likeness (QED) is 0.458. The Morgan fingerprint density at radius 1 is 1.67 bits per heavy atom. The van der Waals surface area contributed by atoms with E-state index in [9.17, 15) is 0 Å². The minimum absolute atomic E-state index is 1.02. The monoisotopic (exact) mass is 83.1 g/mol. The molecular formula is C6H11. The smallest absolute Gasteiger partial charge is 0.0355 e. The van der Waals surface area contributed by atoms with E-state index in [1.807, 2.05) is 13.3 Å². The normalized spacial score (nSPS) is 9.00. The lowest BCUT2D eigenvalue weighted by molar-refractivity contribution is 0.976. The molecule has 0 fully saturated rings. The van der Waals surface area contributed by atoms with Crippen LogP contribution in [0.4, 0.5) is 0 Å². The highest BCUT2D eigenvalue weighted by molar-refractivity contribution is 4.77. The van der Waals surface area contributed by atoms with Gasteiger partial charge >= 0.3 is 0 Å². The summed E-state index contributed by atoms with van der Waals surface area (Å²) >= 11 is 0. The van der Waals surface area contributed by atoms with Gasteiger partial charge in [0.1, 0.15) is 0 Å². The third kappa shape index (κ3) is 4.00. The molecule has 0 atom stereocenters. The van der Waals surface area contributed by atoms with Crippen molar-refractivity contribution in [1.82, 2.24) is 0 Å². The highest BCUT2D eigenvalue weighted by Crippen LogP contribution is 1.92. The van der Waals surface area contributed by atoms with E-state index in [1.54, 1.807) is 0 Å². The second-order valence-electron chi connectivity index (χ2n) is 1.21. The van der Waals surface area contributed by atoms with Gasteiger partial charge < -0.3 is 0 Å². The molecule has 0 unspecified atom stereocenters. The molecule has 0 rings (SSSR count). The predicted molar refractivity (Wildman–Crippen MR) is 28.9 cm³/mol. The first kappa shape index (κ1) is 6.00. The molecular weight excluding hydrogens is 72.1 g/mol. The summed E-state index contributed by atoms with van der Waals surface area (Å²) in [5.74, 6) is 0. The van der Waals surface area contributed by atoms with Gasteiger partial charge in [0.05, 0.1) is 0 Å². The number of hydrogen-bond donors (Lipinski definition) is 0. The van der Waals surface area contributed by atoms with Gasteiger partial charge in [-0.2, -0.15) is 0 Å². The Hall–Kier alpha value is 0. The Balaban J connectivity index is 2.34. The van der Waals surface area contributed by atoms with Crippen molar-refractivity contribution in [3.63, 3.8) is 0 Å². The van der Waals surface area contributed by atoms with Crippen LogP contribution in [0.2, 0.25) is 0 Å². The number of unbranched alkanes of at least 4 members (excludes halogenated alkanes) is 3. The summed E-state index contributed by atoms with van der Waals surface area (Å²) in [5.41, 5.74) is 0. The molecule has 0 nitrogen and oxygen atoms in total. The first-order valence-corrected chi connectivity index (χ1v) is 2.32. The van der Waals surface area contributed by atoms with Gasteiger partial charge in [-0.15, -0.1) is 0 Å². The summed E-state index contributed by atoms with van der Waals surface area (Å²) in [6.45, 7) is 5.70. The number of rotatable bonds is 3. The Morgan fingerprint density at radius 3 is 2.50 bits per heavy atom. The molecule has 0 aliphatic rings. The minimum Gasteiger partial charge on any atom is -0.0620 e. The molecule has 0 saturated heterocycles. The van der Waals surface area contributed by atoms with Crippen molar-refractivity contribution in [2.75, 3.05) is 0 Å². The zero-order valence-electron chi connectivity index (χ0n) is 4.28. The zero-order chi connectivity index (χ0) is 4.83. The summed E-state index contributed by atoms with van der Waals surface area (Å²) in [5, 5.41) is 0. The van der Waals surface area contributed by atoms with Crippen molar-refractivity contribution in [3.05, 3.63) is 19.8 Å². The fraction of sp³-hybridized carbons (Fsp3) is 0.500. The summed E-state index contributed by atoms with van der Waals surface area (Å²) < 4.78 is 0. The van der Waals surface area contributed by atoms with Gasteiger partial charge in [-0.05, 0) is 19.3 Å². The molecule has 0 aliphatic heterocycles. The van der Waals surface area contributed by atoms with Crippen LogP contribution in [-0.4, -0.2) is 0 Å². The van der Waals surface area contributed by atoms with Crippen LogP contribution < -0.4 is 0 Å². The highest BCUT2D eigenvalue weighted by Gasteiger charge is 1.76. The molecule has 0 saturated carbocycles. The van der Waals surface area contributed by atoms with Gasteiger partial charge in [-0.1, -0.05) is 20.3 Å². The van der Waals surface area contributed by atoms with E-state index in [1.165, 1.54) is 0 Å². The molecule has 0 N–H and O–H groups in total. The van der Waals surface area contributed by atoms with Crippen molar-refractivity contribution in [2.45, 2.75) is 19.8 Å². The summed E-state index contributed by atoms with van der Waals surface area (Å²) in [7, 11) is 0. The molecule has 6 heavy (non-hydrogen) atoms. The third-order valence-corrected chi connectivity index (χ3v) is 0.606. The van der Waals surface area contributed by atoms with Crippen molar-refractivity contribution in [2.24, 2.45) is 0 Å². The molecule has 0 aromatic carbocycles. The Kier molecular flexibility index (Phi) is 5.00. The lowest BCUT2D eigenvalue weighted by atomic mass is 10.2. The van der Waals surface area contributed by atoms with Gasteiger partial charge in [0, 0.05) is 0 Å². The summed E-state index contributed by atoms with van der Waals surface area (Å²) in [6, 6.07) is 0. The zero-order valence-corrected chi connectivity index (χ0v) is 4.28. The van der Waals surface area contributed by atoms with Crippen LogP contribution in [0.25, 0.3) is 0 Å². The topological polar surface area (TPSA) is 0 Å². The van der Waals surface area contributed by atoms with Gasteiger partial charge in [0.2, 0.25) is 0 Å². The first-order valence-electron chi connectivity index (χ1n) is 2.32. The summed E-state index contributed by atoms with van der Waals surface area (Å²) in [4.78, 5) is 0. The minimum atomic E-state index is 1.02. The van der Waals surface area contributed by atoms with Gasteiger partial charge in [0.15, 0.2) is 0 Å². The standard InChI is InChI=1S/C6H11/c1-3-5-6-4-2/h4,6H,1,3,5H2,2H3. The van der Waals surface area contributed by atoms with Crippen LogP contribution in [0.3, 0.4) is 0 Å². The van der Waals surface area contributed by atoms with Gasteiger partial charge in [0.25, 0.3) is 0 Å². The first-order chi connectivity index (χ1) is 2.91. The second kappa shape index (κ2) is 5.00. The van der Waals surface area contributed by atoms with E-state index in [4.69, 9.17) is 0 Å².